The van der Waals surface area contributed by atoms with Gasteiger partial charge in [0.2, 0.25) is 5.91 Å². The Hall–Kier alpha value is -3.67. The second-order valence-corrected chi connectivity index (χ2v) is 8.26. The summed E-state index contributed by atoms with van der Waals surface area (Å²) in [7, 11) is 0. The Kier molecular flexibility index (Phi) is 5.35. The van der Waals surface area contributed by atoms with Crippen molar-refractivity contribution in [1.29, 1.82) is 0 Å². The van der Waals surface area contributed by atoms with Gasteiger partial charge in [0.05, 0.1) is 11.0 Å². The van der Waals surface area contributed by atoms with Crippen molar-refractivity contribution in [3.05, 3.63) is 89.5 Å². The summed E-state index contributed by atoms with van der Waals surface area (Å²) in [5.74, 6) is 1.74. The molecule has 0 radical (unpaired) electrons. The lowest BCUT2D eigenvalue weighted by Gasteiger charge is -2.13. The van der Waals surface area contributed by atoms with E-state index >= 15 is 0 Å². The lowest BCUT2D eigenvalue weighted by molar-refractivity contribution is -0.116. The molecule has 1 aliphatic rings. The van der Waals surface area contributed by atoms with Gasteiger partial charge in [0, 0.05) is 11.6 Å². The number of aryl methyl sites for hydroxylation is 1. The highest BCUT2D eigenvalue weighted by atomic mass is 19.1. The zero-order valence-electron chi connectivity index (χ0n) is 17.8. The third-order valence-corrected chi connectivity index (χ3v) is 5.69. The van der Waals surface area contributed by atoms with Crippen LogP contribution in [0.1, 0.15) is 35.7 Å². The van der Waals surface area contributed by atoms with Gasteiger partial charge in [0.15, 0.2) is 0 Å². The number of fused-ring (bicyclic) bond motifs is 1. The van der Waals surface area contributed by atoms with Crippen LogP contribution in [0, 0.1) is 12.7 Å². The molecule has 32 heavy (non-hydrogen) atoms. The fourth-order valence-electron chi connectivity index (χ4n) is 3.91. The number of hydrogen-bond acceptors (Lipinski definition) is 3. The monoisotopic (exact) mass is 429 g/mol. The van der Waals surface area contributed by atoms with Crippen molar-refractivity contribution in [3.8, 4) is 5.75 Å². The molecule has 0 atom stereocenters. The number of anilines is 1. The molecule has 0 unspecified atom stereocenters. The van der Waals surface area contributed by atoms with Gasteiger partial charge in [-0.2, -0.15) is 0 Å². The first-order valence-corrected chi connectivity index (χ1v) is 10.8. The fraction of sp³-hybridized carbons (Fsp3) is 0.231. The van der Waals surface area contributed by atoms with Crippen molar-refractivity contribution in [3.63, 3.8) is 0 Å². The van der Waals surface area contributed by atoms with E-state index in [1.54, 1.807) is 6.07 Å². The molecule has 5 nitrogen and oxygen atoms in total. The van der Waals surface area contributed by atoms with Gasteiger partial charge < -0.3 is 14.6 Å². The third kappa shape index (κ3) is 4.35. The topological polar surface area (TPSA) is 56.1 Å². The van der Waals surface area contributed by atoms with Crippen LogP contribution >= 0.6 is 0 Å². The van der Waals surface area contributed by atoms with Crippen molar-refractivity contribution >= 4 is 22.6 Å². The number of ether oxygens (including phenoxy) is 1. The van der Waals surface area contributed by atoms with Crippen LogP contribution in [0.5, 0.6) is 5.75 Å². The van der Waals surface area contributed by atoms with Gasteiger partial charge in [-0.15, -0.1) is 0 Å². The van der Waals surface area contributed by atoms with Crippen LogP contribution in [0.4, 0.5) is 10.1 Å². The number of amides is 1. The second-order valence-electron chi connectivity index (χ2n) is 8.26. The van der Waals surface area contributed by atoms with Crippen LogP contribution in [-0.2, 0) is 17.9 Å². The minimum Gasteiger partial charge on any atom is -0.489 e. The fourth-order valence-corrected chi connectivity index (χ4v) is 3.91. The molecule has 4 aromatic rings. The molecule has 0 aliphatic heterocycles. The Morgan fingerprint density at radius 1 is 1.12 bits per heavy atom. The van der Waals surface area contributed by atoms with E-state index in [2.05, 4.69) is 5.32 Å². The van der Waals surface area contributed by atoms with Gasteiger partial charge >= 0.3 is 0 Å². The molecule has 0 bridgehead atoms. The Bertz CT molecular complexity index is 1290. The number of imidazole rings is 1. The van der Waals surface area contributed by atoms with E-state index in [1.807, 2.05) is 60.0 Å². The summed E-state index contributed by atoms with van der Waals surface area (Å²) in [6, 6.07) is 19.8. The molecule has 3 aromatic carbocycles. The Balaban J connectivity index is 1.27. The molecule has 6 heteroatoms. The number of nitrogens with zero attached hydrogens (tertiary/aromatic N) is 2. The Labute approximate surface area is 185 Å². The standard InChI is InChI=1S/C26H24FN3O2/c1-17-13-21(32-16-18-5-4-6-20(27)14-18)11-12-22(17)28-25(31)15-30-24-8-3-2-7-23(24)29-26(30)19-9-10-19/h2-8,11-14,19H,9-10,15-16H2,1H3,(H,28,31). The van der Waals surface area contributed by atoms with E-state index in [1.165, 1.54) is 12.1 Å². The highest BCUT2D eigenvalue weighted by Crippen LogP contribution is 2.40. The van der Waals surface area contributed by atoms with Crippen molar-refractivity contribution < 1.29 is 13.9 Å². The van der Waals surface area contributed by atoms with Gasteiger partial charge in [-0.1, -0.05) is 24.3 Å². The molecule has 1 aromatic heterocycles. The minimum atomic E-state index is -0.282. The molecule has 162 valence electrons. The molecule has 1 saturated carbocycles. The first kappa shape index (κ1) is 20.2. The average Bonchev–Trinajstić information content (AvgIpc) is 3.57. The summed E-state index contributed by atoms with van der Waals surface area (Å²) in [5.41, 5.74) is 4.32. The van der Waals surface area contributed by atoms with Crippen LogP contribution in [0.25, 0.3) is 11.0 Å². The number of para-hydroxylation sites is 2. The maximum absolute atomic E-state index is 13.3. The maximum Gasteiger partial charge on any atom is 0.244 e. The molecule has 0 saturated heterocycles. The van der Waals surface area contributed by atoms with E-state index in [0.717, 1.165) is 46.5 Å². The summed E-state index contributed by atoms with van der Waals surface area (Å²) in [6.07, 6.45) is 2.25. The largest absolute Gasteiger partial charge is 0.489 e. The molecule has 1 heterocycles. The Morgan fingerprint density at radius 3 is 2.75 bits per heavy atom. The zero-order valence-corrected chi connectivity index (χ0v) is 17.8. The summed E-state index contributed by atoms with van der Waals surface area (Å²) >= 11 is 0. The smallest absolute Gasteiger partial charge is 0.244 e. The van der Waals surface area contributed by atoms with E-state index in [9.17, 15) is 9.18 Å². The Morgan fingerprint density at radius 2 is 1.97 bits per heavy atom. The number of halogens is 1. The summed E-state index contributed by atoms with van der Waals surface area (Å²) in [6.45, 7) is 2.43. The van der Waals surface area contributed by atoms with Gasteiger partial charge in [0.1, 0.15) is 30.5 Å². The summed E-state index contributed by atoms with van der Waals surface area (Å²) < 4.78 is 21.1. The molecular weight excluding hydrogens is 405 g/mol. The molecule has 1 fully saturated rings. The minimum absolute atomic E-state index is 0.0911. The molecular formula is C26H24FN3O2. The van der Waals surface area contributed by atoms with E-state index < -0.39 is 0 Å². The number of benzene rings is 3. The van der Waals surface area contributed by atoms with Crippen molar-refractivity contribution in [2.24, 2.45) is 0 Å². The summed E-state index contributed by atoms with van der Waals surface area (Å²) in [5, 5.41) is 3.02. The van der Waals surface area contributed by atoms with Gasteiger partial charge in [-0.3, -0.25) is 4.79 Å². The number of nitrogens with one attached hydrogen (secondary N) is 1. The number of aromatic nitrogens is 2. The zero-order chi connectivity index (χ0) is 22.1. The van der Waals surface area contributed by atoms with Crippen LogP contribution in [-0.4, -0.2) is 15.5 Å². The van der Waals surface area contributed by atoms with E-state index in [0.29, 0.717) is 11.7 Å². The number of carbonyl (C=O) groups excluding carboxylic acids is 1. The normalized spacial score (nSPS) is 13.3. The highest BCUT2D eigenvalue weighted by molar-refractivity contribution is 5.92. The highest BCUT2D eigenvalue weighted by Gasteiger charge is 2.30. The van der Waals surface area contributed by atoms with E-state index in [-0.39, 0.29) is 24.9 Å². The number of carbonyl (C=O) groups is 1. The van der Waals surface area contributed by atoms with Gasteiger partial charge in [-0.25, -0.2) is 9.37 Å². The van der Waals surface area contributed by atoms with Gasteiger partial charge in [0.25, 0.3) is 0 Å². The molecule has 0 spiro atoms. The van der Waals surface area contributed by atoms with Gasteiger partial charge in [-0.05, 0) is 73.4 Å². The van der Waals surface area contributed by atoms with Crippen LogP contribution in [0.15, 0.2) is 66.7 Å². The van der Waals surface area contributed by atoms with Crippen molar-refractivity contribution in [1.82, 2.24) is 9.55 Å². The quantitative estimate of drug-likeness (QED) is 0.417. The number of hydrogen-bond donors (Lipinski definition) is 1. The average molecular weight is 429 g/mol. The van der Waals surface area contributed by atoms with Crippen LogP contribution < -0.4 is 10.1 Å². The maximum atomic E-state index is 13.3. The third-order valence-electron chi connectivity index (χ3n) is 5.69. The van der Waals surface area contributed by atoms with Crippen molar-refractivity contribution in [2.75, 3.05) is 5.32 Å². The predicted molar refractivity (Wildman–Crippen MR) is 122 cm³/mol. The van der Waals surface area contributed by atoms with Crippen LogP contribution in [0.2, 0.25) is 0 Å². The predicted octanol–water partition coefficient (Wildman–Crippen LogP) is 5.58. The summed E-state index contributed by atoms with van der Waals surface area (Å²) in [4.78, 5) is 17.6. The first-order valence-electron chi connectivity index (χ1n) is 10.8. The SMILES string of the molecule is Cc1cc(OCc2cccc(F)c2)ccc1NC(=O)Cn1c(C2CC2)nc2ccccc21. The van der Waals surface area contributed by atoms with Crippen LogP contribution in [0.3, 0.4) is 0 Å². The molecule has 1 aliphatic carbocycles. The lowest BCUT2D eigenvalue weighted by atomic mass is 10.2. The number of rotatable bonds is 7. The second kappa shape index (κ2) is 8.46. The van der Waals surface area contributed by atoms with Crippen molar-refractivity contribution in [2.45, 2.75) is 38.8 Å². The first-order chi connectivity index (χ1) is 15.6. The molecule has 1 amide bonds. The molecule has 5 rings (SSSR count). The van der Waals surface area contributed by atoms with E-state index in [4.69, 9.17) is 9.72 Å². The molecule has 1 N–H and O–H groups in total. The lowest BCUT2D eigenvalue weighted by Crippen LogP contribution is -2.20.